The maximum atomic E-state index is 14.6. The number of fused-ring (bicyclic) bond motifs is 2. The number of benzene rings is 2. The van der Waals surface area contributed by atoms with Crippen LogP contribution < -0.4 is 14.8 Å². The lowest BCUT2D eigenvalue weighted by Gasteiger charge is -2.24. The second-order valence-corrected chi connectivity index (χ2v) is 9.26. The zero-order chi connectivity index (χ0) is 25.9. The summed E-state index contributed by atoms with van der Waals surface area (Å²) in [5.74, 6) is 0.912. The van der Waals surface area contributed by atoms with E-state index in [-0.39, 0.29) is 35.5 Å². The summed E-state index contributed by atoms with van der Waals surface area (Å²) in [7, 11) is 1.56. The van der Waals surface area contributed by atoms with Crippen molar-refractivity contribution in [3.05, 3.63) is 82.9 Å². The van der Waals surface area contributed by atoms with Gasteiger partial charge >= 0.3 is 0 Å². The van der Waals surface area contributed by atoms with Gasteiger partial charge in [-0.1, -0.05) is 30.0 Å². The van der Waals surface area contributed by atoms with E-state index in [0.717, 1.165) is 5.56 Å². The molecule has 4 aromatic rings. The molecule has 2 N–H and O–H groups in total. The van der Waals surface area contributed by atoms with E-state index in [9.17, 15) is 14.3 Å². The first-order valence-electron chi connectivity index (χ1n) is 11.5. The Morgan fingerprint density at radius 3 is 2.81 bits per heavy atom. The highest BCUT2D eigenvalue weighted by atomic mass is 32.2. The summed E-state index contributed by atoms with van der Waals surface area (Å²) in [6.07, 6.45) is 1.99. The van der Waals surface area contributed by atoms with Crippen molar-refractivity contribution in [2.45, 2.75) is 25.0 Å². The van der Waals surface area contributed by atoms with Gasteiger partial charge < -0.3 is 19.9 Å². The number of methoxy groups -OCH3 is 1. The van der Waals surface area contributed by atoms with Crippen LogP contribution in [0.3, 0.4) is 0 Å². The number of hydrogen-bond acceptors (Lipinski definition) is 8. The Labute approximate surface area is 216 Å². The number of ether oxygens (including phenoxy) is 2. The summed E-state index contributed by atoms with van der Waals surface area (Å²) in [5.41, 5.74) is 3.56. The number of nitrogens with one attached hydrogen (secondary N) is 1. The Morgan fingerprint density at radius 2 is 2.03 bits per heavy atom. The number of rotatable bonds is 7. The average molecular weight is 519 g/mol. The zero-order valence-corrected chi connectivity index (χ0v) is 20.9. The van der Waals surface area contributed by atoms with Gasteiger partial charge in [0.05, 0.1) is 36.3 Å². The van der Waals surface area contributed by atoms with Gasteiger partial charge in [-0.05, 0) is 31.2 Å². The minimum absolute atomic E-state index is 0.0481. The van der Waals surface area contributed by atoms with Crippen LogP contribution in [-0.2, 0) is 17.8 Å². The van der Waals surface area contributed by atoms with Crippen molar-refractivity contribution in [2.75, 3.05) is 18.2 Å². The lowest BCUT2D eigenvalue weighted by atomic mass is 9.99. The highest BCUT2D eigenvalue weighted by Crippen LogP contribution is 2.42. The Hall–Kier alpha value is -4.02. The largest absolute Gasteiger partial charge is 0.497 e. The smallest absolute Gasteiger partial charge is 0.234 e. The molecule has 0 fully saturated rings. The molecule has 0 saturated heterocycles. The van der Waals surface area contributed by atoms with Crippen molar-refractivity contribution >= 4 is 23.4 Å². The van der Waals surface area contributed by atoms with Crippen molar-refractivity contribution < 1.29 is 23.8 Å². The number of aliphatic hydroxyl groups is 1. The molecule has 188 valence electrons. The van der Waals surface area contributed by atoms with Crippen LogP contribution in [0, 0.1) is 12.7 Å². The highest BCUT2D eigenvalue weighted by molar-refractivity contribution is 8.00. The van der Waals surface area contributed by atoms with Crippen LogP contribution in [-0.4, -0.2) is 38.8 Å². The summed E-state index contributed by atoms with van der Waals surface area (Å²) in [6.45, 7) is 1.61. The Balaban J connectivity index is 1.49. The maximum Gasteiger partial charge on any atom is 0.234 e. The van der Waals surface area contributed by atoms with Crippen molar-refractivity contribution in [3.8, 4) is 28.8 Å². The third-order valence-corrected chi connectivity index (χ3v) is 6.88. The van der Waals surface area contributed by atoms with Gasteiger partial charge in [-0.2, -0.15) is 4.98 Å². The summed E-state index contributed by atoms with van der Waals surface area (Å²) in [6, 6.07) is 13.3. The quantitative estimate of drug-likeness (QED) is 0.231. The van der Waals surface area contributed by atoms with E-state index in [4.69, 9.17) is 9.47 Å². The van der Waals surface area contributed by atoms with Crippen LogP contribution in [0.4, 0.5) is 10.1 Å². The SMILES string of the molecule is COc1cccc(NC(=O)CSc2nc(-c3ccccc3F)nc3c2Cc2c(CO)cnc(C)c2O3)c1. The molecule has 0 bridgehead atoms. The number of pyridine rings is 1. The lowest BCUT2D eigenvalue weighted by Crippen LogP contribution is -2.16. The van der Waals surface area contributed by atoms with Gasteiger partial charge in [-0.25, -0.2) is 9.37 Å². The Bertz CT molecular complexity index is 1500. The fraction of sp³-hybridized carbons (Fsp3) is 0.185. The van der Waals surface area contributed by atoms with Gasteiger partial charge in [0.15, 0.2) is 11.6 Å². The number of anilines is 1. The third-order valence-electron chi connectivity index (χ3n) is 5.87. The molecule has 2 aromatic heterocycles. The number of aryl methyl sites for hydroxylation is 1. The monoisotopic (exact) mass is 518 g/mol. The van der Waals surface area contributed by atoms with Crippen LogP contribution in [0.15, 0.2) is 59.8 Å². The number of halogens is 1. The van der Waals surface area contributed by atoms with Crippen molar-refractivity contribution in [1.82, 2.24) is 15.0 Å². The molecule has 8 nitrogen and oxygen atoms in total. The topological polar surface area (TPSA) is 106 Å². The van der Waals surface area contributed by atoms with E-state index in [0.29, 0.717) is 45.5 Å². The van der Waals surface area contributed by atoms with E-state index in [2.05, 4.69) is 20.3 Å². The molecule has 0 atom stereocenters. The number of aromatic nitrogens is 3. The van der Waals surface area contributed by atoms with Crippen LogP contribution in [0.1, 0.15) is 22.4 Å². The molecule has 1 aliphatic heterocycles. The molecule has 0 radical (unpaired) electrons. The van der Waals surface area contributed by atoms with E-state index >= 15 is 0 Å². The van der Waals surface area contributed by atoms with Crippen molar-refractivity contribution in [2.24, 2.45) is 0 Å². The molecule has 10 heteroatoms. The first kappa shape index (κ1) is 24.7. The average Bonchev–Trinajstić information content (AvgIpc) is 2.91. The predicted molar refractivity (Wildman–Crippen MR) is 138 cm³/mol. The van der Waals surface area contributed by atoms with Crippen LogP contribution in [0.25, 0.3) is 11.4 Å². The predicted octanol–water partition coefficient (Wildman–Crippen LogP) is 4.91. The summed E-state index contributed by atoms with van der Waals surface area (Å²) >= 11 is 1.20. The van der Waals surface area contributed by atoms with Crippen LogP contribution >= 0.6 is 11.8 Å². The standard InChI is InChI=1S/C27H23FN4O4S/c1-15-24-20(16(13-33)12-29-15)11-21-26(36-24)31-25(19-8-3-4-9-22(19)28)32-27(21)37-14-23(34)30-17-6-5-7-18(10-17)35-2/h3-10,12,33H,11,13-14H2,1-2H3,(H,30,34). The Morgan fingerprint density at radius 1 is 1.19 bits per heavy atom. The second kappa shape index (κ2) is 10.5. The number of hydrogen-bond donors (Lipinski definition) is 2. The number of amides is 1. The van der Waals surface area contributed by atoms with Gasteiger partial charge in [0.1, 0.15) is 16.6 Å². The number of carbonyl (C=O) groups is 1. The van der Waals surface area contributed by atoms with E-state index in [1.807, 2.05) is 6.92 Å². The normalized spacial score (nSPS) is 11.8. The molecule has 2 aromatic carbocycles. The summed E-state index contributed by atoms with van der Waals surface area (Å²) < 4.78 is 26.0. The van der Waals surface area contributed by atoms with Crippen molar-refractivity contribution in [1.29, 1.82) is 0 Å². The fourth-order valence-corrected chi connectivity index (χ4v) is 4.83. The van der Waals surface area contributed by atoms with Gasteiger partial charge in [0.2, 0.25) is 11.8 Å². The minimum atomic E-state index is -0.467. The minimum Gasteiger partial charge on any atom is -0.497 e. The zero-order valence-electron chi connectivity index (χ0n) is 20.1. The first-order valence-corrected chi connectivity index (χ1v) is 12.4. The molecule has 0 spiro atoms. The molecule has 37 heavy (non-hydrogen) atoms. The van der Waals surface area contributed by atoms with Gasteiger partial charge in [-0.15, -0.1) is 0 Å². The summed E-state index contributed by atoms with van der Waals surface area (Å²) in [4.78, 5) is 26.2. The molecule has 0 aliphatic carbocycles. The molecule has 5 rings (SSSR count). The van der Waals surface area contributed by atoms with Gasteiger partial charge in [0.25, 0.3) is 0 Å². The number of nitrogens with zero attached hydrogens (tertiary/aromatic N) is 3. The number of carbonyl (C=O) groups excluding carboxylic acids is 1. The van der Waals surface area contributed by atoms with Gasteiger partial charge in [0, 0.05) is 35.5 Å². The maximum absolute atomic E-state index is 14.6. The van der Waals surface area contributed by atoms with Gasteiger partial charge in [-0.3, -0.25) is 9.78 Å². The molecule has 1 aliphatic rings. The second-order valence-electron chi connectivity index (χ2n) is 8.30. The number of thioether (sulfide) groups is 1. The number of aliphatic hydroxyl groups excluding tert-OH is 1. The third kappa shape index (κ3) is 5.11. The molecular weight excluding hydrogens is 495 g/mol. The molecule has 0 saturated carbocycles. The lowest BCUT2D eigenvalue weighted by molar-refractivity contribution is -0.113. The Kier molecular flexibility index (Phi) is 7.02. The molecule has 0 unspecified atom stereocenters. The van der Waals surface area contributed by atoms with E-state index in [1.54, 1.807) is 55.8 Å². The molecule has 1 amide bonds. The van der Waals surface area contributed by atoms with Crippen LogP contribution in [0.5, 0.6) is 17.4 Å². The first-order chi connectivity index (χ1) is 18.0. The summed E-state index contributed by atoms with van der Waals surface area (Å²) in [5, 5.41) is 13.2. The molecular formula is C27H23FN4O4S. The van der Waals surface area contributed by atoms with Crippen LogP contribution in [0.2, 0.25) is 0 Å². The van der Waals surface area contributed by atoms with Crippen molar-refractivity contribution in [3.63, 3.8) is 0 Å². The fourth-order valence-electron chi connectivity index (χ4n) is 4.01. The van der Waals surface area contributed by atoms with E-state index < -0.39 is 5.82 Å². The van der Waals surface area contributed by atoms with E-state index in [1.165, 1.54) is 17.8 Å². The molecule has 3 heterocycles. The highest BCUT2D eigenvalue weighted by Gasteiger charge is 2.28.